The van der Waals surface area contributed by atoms with Crippen molar-refractivity contribution in [1.82, 2.24) is 15.0 Å². The first-order valence-electron chi connectivity index (χ1n) is 23.0. The summed E-state index contributed by atoms with van der Waals surface area (Å²) in [5.41, 5.74) is 19.7. The van der Waals surface area contributed by atoms with E-state index in [2.05, 4.69) is 237 Å². The maximum atomic E-state index is 5.68. The summed E-state index contributed by atoms with van der Waals surface area (Å²) >= 11 is 0. The van der Waals surface area contributed by atoms with Crippen molar-refractivity contribution in [3.63, 3.8) is 0 Å². The van der Waals surface area contributed by atoms with E-state index in [4.69, 9.17) is 15.0 Å². The molecule has 4 heteroatoms. The summed E-state index contributed by atoms with van der Waals surface area (Å²) in [7, 11) is 0. The molecule has 0 unspecified atom stereocenters. The Morgan fingerprint density at radius 2 is 0.682 bits per heavy atom. The Kier molecular flexibility index (Phi) is 9.79. The third-order valence-corrected chi connectivity index (χ3v) is 13.8. The van der Waals surface area contributed by atoms with Crippen LogP contribution in [0.4, 0.5) is 17.1 Å². The Labute approximate surface area is 386 Å². The molecule has 0 radical (unpaired) electrons. The summed E-state index contributed by atoms with van der Waals surface area (Å²) in [4.78, 5) is 19.1. The molecule has 4 nitrogen and oxygen atoms in total. The maximum absolute atomic E-state index is 5.68. The average Bonchev–Trinajstić information content (AvgIpc) is 3.39. The molecule has 2 aliphatic rings. The summed E-state index contributed by atoms with van der Waals surface area (Å²) in [6, 6.07) is 80.7. The highest BCUT2D eigenvalue weighted by Gasteiger charge is 2.36. The fraction of sp³-hybridized carbons (Fsp3) is 0.0806. The van der Waals surface area contributed by atoms with Crippen LogP contribution >= 0.6 is 0 Å². The Bertz CT molecular complexity index is 3120. The first kappa shape index (κ1) is 39.4. The van der Waals surface area contributed by atoms with Crippen LogP contribution in [0.2, 0.25) is 0 Å². The summed E-state index contributed by atoms with van der Waals surface area (Å²) < 4.78 is 0. The van der Waals surface area contributed by atoms with Gasteiger partial charge in [-0.2, -0.15) is 0 Å². The van der Waals surface area contributed by atoms with Gasteiger partial charge >= 0.3 is 0 Å². The fourth-order valence-corrected chi connectivity index (χ4v) is 10.7. The highest BCUT2D eigenvalue weighted by molar-refractivity contribution is 5.99. The van der Waals surface area contributed by atoms with Gasteiger partial charge in [-0.1, -0.05) is 220 Å². The van der Waals surface area contributed by atoms with Gasteiger partial charge < -0.3 is 4.90 Å². The van der Waals surface area contributed by atoms with Crippen LogP contribution in [0.1, 0.15) is 70.5 Å². The molecular formula is C62H46N4. The van der Waals surface area contributed by atoms with E-state index in [0.29, 0.717) is 17.5 Å². The molecule has 1 aromatic heterocycles. The minimum atomic E-state index is -0.0827. The zero-order valence-corrected chi connectivity index (χ0v) is 36.9. The lowest BCUT2D eigenvalue weighted by atomic mass is 9.68. The smallest absolute Gasteiger partial charge is 0.166 e. The van der Waals surface area contributed by atoms with Crippen LogP contribution in [-0.4, -0.2) is 15.0 Å². The largest absolute Gasteiger partial charge is 0.309 e. The van der Waals surface area contributed by atoms with Gasteiger partial charge in [0.25, 0.3) is 0 Å². The second kappa shape index (κ2) is 16.4. The van der Waals surface area contributed by atoms with Crippen molar-refractivity contribution in [2.45, 2.75) is 31.6 Å². The Morgan fingerprint density at radius 1 is 0.303 bits per heavy atom. The van der Waals surface area contributed by atoms with Crippen molar-refractivity contribution in [2.24, 2.45) is 0 Å². The van der Waals surface area contributed by atoms with E-state index in [-0.39, 0.29) is 17.8 Å². The molecule has 10 aromatic rings. The van der Waals surface area contributed by atoms with Crippen LogP contribution in [0.15, 0.2) is 224 Å². The molecule has 0 spiro atoms. The number of para-hydroxylation sites is 3. The standard InChI is InChI=1S/C62H46N4/c1-40-45-28-12-14-32-51(45)58(52-33-15-13-29-46(40)52)57-49(42-22-6-3-7-23-42)34-20-36-53(57)61-63-60(44-26-10-5-11-27-44)64-62(65-61)54-37-21-35-50(43-24-8-4-9-25-43)59(54)66-55-38-18-16-30-47(55)41(2)48-31-17-19-39-56(48)66/h3-41,58H,1-2H3. The number of anilines is 3. The van der Waals surface area contributed by atoms with Gasteiger partial charge in [0, 0.05) is 51.4 Å². The van der Waals surface area contributed by atoms with E-state index < -0.39 is 0 Å². The maximum Gasteiger partial charge on any atom is 0.166 e. The Hall–Kier alpha value is -8.21. The van der Waals surface area contributed by atoms with Gasteiger partial charge in [0.15, 0.2) is 17.5 Å². The highest BCUT2D eigenvalue weighted by Crippen LogP contribution is 2.54. The topological polar surface area (TPSA) is 41.9 Å². The minimum absolute atomic E-state index is 0.0827. The van der Waals surface area contributed by atoms with Crippen molar-refractivity contribution < 1.29 is 0 Å². The van der Waals surface area contributed by atoms with Crippen molar-refractivity contribution in [3.8, 4) is 56.4 Å². The predicted molar refractivity (Wildman–Crippen MR) is 271 cm³/mol. The van der Waals surface area contributed by atoms with Crippen molar-refractivity contribution >= 4 is 17.1 Å². The normalized spacial score (nSPS) is 15.0. The predicted octanol–water partition coefficient (Wildman–Crippen LogP) is 15.8. The van der Waals surface area contributed by atoms with Crippen LogP contribution in [0.5, 0.6) is 0 Å². The second-order valence-corrected chi connectivity index (χ2v) is 17.5. The summed E-state index contributed by atoms with van der Waals surface area (Å²) in [5.74, 6) is 2.23. The van der Waals surface area contributed by atoms with Gasteiger partial charge in [0.05, 0.1) is 5.69 Å². The number of rotatable bonds is 7. The quantitative estimate of drug-likeness (QED) is 0.160. The lowest BCUT2D eigenvalue weighted by Gasteiger charge is -2.38. The van der Waals surface area contributed by atoms with Gasteiger partial charge in [-0.05, 0) is 73.8 Å². The first-order chi connectivity index (χ1) is 32.6. The van der Waals surface area contributed by atoms with E-state index in [9.17, 15) is 0 Å². The summed E-state index contributed by atoms with van der Waals surface area (Å²) in [5, 5.41) is 0. The molecule has 9 aromatic carbocycles. The second-order valence-electron chi connectivity index (χ2n) is 17.5. The van der Waals surface area contributed by atoms with Crippen LogP contribution in [-0.2, 0) is 0 Å². The third kappa shape index (κ3) is 6.56. The molecule has 0 saturated heterocycles. The molecule has 66 heavy (non-hydrogen) atoms. The van der Waals surface area contributed by atoms with Crippen molar-refractivity contribution in [3.05, 3.63) is 263 Å². The molecule has 12 rings (SSSR count). The molecule has 314 valence electrons. The molecule has 1 aliphatic heterocycles. The molecular weight excluding hydrogens is 801 g/mol. The number of fused-ring (bicyclic) bond motifs is 4. The van der Waals surface area contributed by atoms with E-state index in [1.807, 2.05) is 6.07 Å². The SMILES string of the molecule is CC1c2ccccc2C(c2c(-c3ccccc3)cccc2-c2nc(-c3ccccc3)nc(-c3cccc(-c4ccccc4)c3N3c4ccccc4C(C)c4ccccc43)n2)c2ccccc21. The van der Waals surface area contributed by atoms with Crippen LogP contribution < -0.4 is 4.90 Å². The van der Waals surface area contributed by atoms with Crippen LogP contribution in [0.3, 0.4) is 0 Å². The van der Waals surface area contributed by atoms with E-state index in [1.54, 1.807) is 0 Å². The molecule has 1 aliphatic carbocycles. The minimum Gasteiger partial charge on any atom is -0.309 e. The Balaban J connectivity index is 1.17. The number of hydrogen-bond donors (Lipinski definition) is 0. The first-order valence-corrected chi connectivity index (χ1v) is 23.0. The van der Waals surface area contributed by atoms with Gasteiger partial charge in [0.2, 0.25) is 0 Å². The van der Waals surface area contributed by atoms with Gasteiger partial charge in [-0.15, -0.1) is 0 Å². The average molecular weight is 847 g/mol. The number of benzene rings is 9. The molecule has 0 N–H and O–H groups in total. The monoisotopic (exact) mass is 846 g/mol. The fourth-order valence-electron chi connectivity index (χ4n) is 10.7. The summed E-state index contributed by atoms with van der Waals surface area (Å²) in [6.45, 7) is 4.65. The van der Waals surface area contributed by atoms with E-state index >= 15 is 0 Å². The number of hydrogen-bond acceptors (Lipinski definition) is 4. The molecule has 2 heterocycles. The van der Waals surface area contributed by atoms with Crippen molar-refractivity contribution in [1.29, 1.82) is 0 Å². The van der Waals surface area contributed by atoms with Crippen LogP contribution in [0, 0.1) is 0 Å². The lowest BCUT2D eigenvalue weighted by molar-refractivity contribution is 0.795. The number of aromatic nitrogens is 3. The highest BCUT2D eigenvalue weighted by atomic mass is 15.2. The van der Waals surface area contributed by atoms with Gasteiger partial charge in [-0.3, -0.25) is 0 Å². The molecule has 0 amide bonds. The molecule has 0 saturated carbocycles. The third-order valence-electron chi connectivity index (χ3n) is 13.8. The number of nitrogens with zero attached hydrogens (tertiary/aromatic N) is 4. The molecule has 0 bridgehead atoms. The van der Waals surface area contributed by atoms with Gasteiger partial charge in [-0.25, -0.2) is 15.0 Å². The van der Waals surface area contributed by atoms with Crippen molar-refractivity contribution in [2.75, 3.05) is 4.90 Å². The zero-order valence-electron chi connectivity index (χ0n) is 36.9. The van der Waals surface area contributed by atoms with E-state index in [0.717, 1.165) is 56.0 Å². The molecule has 0 fully saturated rings. The van der Waals surface area contributed by atoms with Crippen LogP contribution in [0.25, 0.3) is 56.4 Å². The Morgan fingerprint density at radius 3 is 1.24 bits per heavy atom. The molecule has 0 atom stereocenters. The zero-order chi connectivity index (χ0) is 44.1. The summed E-state index contributed by atoms with van der Waals surface area (Å²) in [6.07, 6.45) is 0. The lowest BCUT2D eigenvalue weighted by Crippen LogP contribution is -2.22. The van der Waals surface area contributed by atoms with Gasteiger partial charge in [0.1, 0.15) is 0 Å². The van der Waals surface area contributed by atoms with E-state index in [1.165, 1.54) is 38.9 Å².